The number of aryl methyl sites for hydroxylation is 2. The Morgan fingerprint density at radius 2 is 1.80 bits per heavy atom. The summed E-state index contributed by atoms with van der Waals surface area (Å²) in [4.78, 5) is 19.8. The molecule has 0 saturated carbocycles. The first-order chi connectivity index (χ1) is 14.6. The summed E-state index contributed by atoms with van der Waals surface area (Å²) in [5.74, 6) is -1.60. The molecule has 0 radical (unpaired) electrons. The number of hydrogen-bond donors (Lipinski definition) is 0. The van der Waals surface area contributed by atoms with E-state index in [-0.39, 0.29) is 12.2 Å². The van der Waals surface area contributed by atoms with Gasteiger partial charge in [0, 0.05) is 17.7 Å². The van der Waals surface area contributed by atoms with Gasteiger partial charge in [-0.25, -0.2) is 8.78 Å². The molecule has 30 heavy (non-hydrogen) atoms. The van der Waals surface area contributed by atoms with Gasteiger partial charge in [0.1, 0.15) is 0 Å². The zero-order chi connectivity index (χ0) is 20.9. The summed E-state index contributed by atoms with van der Waals surface area (Å²) in [6.45, 7) is 3.53. The lowest BCUT2D eigenvalue weighted by Gasteiger charge is -2.26. The molecule has 0 unspecified atom stereocenters. The number of aliphatic imine (C=N–C) groups is 1. The molecule has 0 atom stereocenters. The summed E-state index contributed by atoms with van der Waals surface area (Å²) in [6.07, 6.45) is 7.06. The fourth-order valence-electron chi connectivity index (χ4n) is 4.41. The standard InChI is InChI=1S/C25H28F2N2O/c26-22-8-4-7-19(25(22)27)10-11-20-17-24(30)21-12-9-18(16-23(21)28-20)6-5-15-29-13-2-1-3-14-29/h4,7-9,12,16H,1-3,5-6,10-11,13-15,17H2. The number of fused-ring (bicyclic) bond motifs is 1. The van der Waals surface area contributed by atoms with E-state index in [4.69, 9.17) is 4.99 Å². The molecule has 0 aliphatic carbocycles. The third-order valence-corrected chi connectivity index (χ3v) is 6.11. The van der Waals surface area contributed by atoms with E-state index in [1.807, 2.05) is 18.2 Å². The van der Waals surface area contributed by atoms with Crippen molar-refractivity contribution in [3.05, 3.63) is 64.7 Å². The molecule has 5 heteroatoms. The molecule has 1 saturated heterocycles. The zero-order valence-electron chi connectivity index (χ0n) is 17.3. The Balaban J connectivity index is 1.40. The summed E-state index contributed by atoms with van der Waals surface area (Å²) in [7, 11) is 0. The maximum Gasteiger partial charge on any atom is 0.170 e. The lowest BCUT2D eigenvalue weighted by molar-refractivity contribution is 0.0999. The molecule has 2 aromatic carbocycles. The van der Waals surface area contributed by atoms with Gasteiger partial charge in [-0.05, 0) is 87.5 Å². The number of Topliss-reactive ketones (excluding diaryl/α,β-unsaturated/α-hetero) is 1. The van der Waals surface area contributed by atoms with Gasteiger partial charge < -0.3 is 4.90 Å². The van der Waals surface area contributed by atoms with E-state index in [9.17, 15) is 13.6 Å². The normalized spacial score (nSPS) is 17.0. The van der Waals surface area contributed by atoms with Crippen molar-refractivity contribution in [1.29, 1.82) is 0 Å². The van der Waals surface area contributed by atoms with Gasteiger partial charge in [0.25, 0.3) is 0 Å². The molecule has 0 spiro atoms. The highest BCUT2D eigenvalue weighted by molar-refractivity contribution is 6.15. The second-order valence-electron chi connectivity index (χ2n) is 8.35. The predicted molar refractivity (Wildman–Crippen MR) is 116 cm³/mol. The molecule has 158 valence electrons. The fourth-order valence-corrected chi connectivity index (χ4v) is 4.41. The van der Waals surface area contributed by atoms with Crippen LogP contribution in [0.1, 0.15) is 60.0 Å². The minimum absolute atomic E-state index is 0.0505. The number of ketones is 1. The number of rotatable bonds is 7. The van der Waals surface area contributed by atoms with Crippen LogP contribution in [0.3, 0.4) is 0 Å². The van der Waals surface area contributed by atoms with E-state index >= 15 is 0 Å². The molecule has 4 rings (SSSR count). The number of likely N-dealkylation sites (tertiary alicyclic amines) is 1. The summed E-state index contributed by atoms with van der Waals surface area (Å²) < 4.78 is 27.3. The third kappa shape index (κ3) is 5.01. The molecule has 2 aliphatic rings. The average molecular weight is 411 g/mol. The largest absolute Gasteiger partial charge is 0.303 e. The highest BCUT2D eigenvalue weighted by Gasteiger charge is 2.21. The minimum Gasteiger partial charge on any atom is -0.303 e. The summed E-state index contributed by atoms with van der Waals surface area (Å²) >= 11 is 0. The van der Waals surface area contributed by atoms with E-state index < -0.39 is 11.6 Å². The van der Waals surface area contributed by atoms with Crippen LogP contribution in [0.25, 0.3) is 0 Å². The molecule has 0 amide bonds. The summed E-state index contributed by atoms with van der Waals surface area (Å²) in [5, 5.41) is 0. The van der Waals surface area contributed by atoms with Gasteiger partial charge in [0.05, 0.1) is 5.69 Å². The van der Waals surface area contributed by atoms with Crippen LogP contribution in [0, 0.1) is 11.6 Å². The monoisotopic (exact) mass is 410 g/mol. The van der Waals surface area contributed by atoms with Gasteiger partial charge in [-0.3, -0.25) is 9.79 Å². The zero-order valence-corrected chi connectivity index (χ0v) is 17.3. The molecule has 3 nitrogen and oxygen atoms in total. The van der Waals surface area contributed by atoms with Gasteiger partial charge in [-0.15, -0.1) is 0 Å². The van der Waals surface area contributed by atoms with Crippen LogP contribution in [0.15, 0.2) is 41.4 Å². The van der Waals surface area contributed by atoms with Crippen LogP contribution in [0.4, 0.5) is 14.5 Å². The van der Waals surface area contributed by atoms with Crippen LogP contribution in [-0.4, -0.2) is 36.0 Å². The first-order valence-electron chi connectivity index (χ1n) is 11.0. The highest BCUT2D eigenvalue weighted by Crippen LogP contribution is 2.29. The predicted octanol–water partition coefficient (Wildman–Crippen LogP) is 5.68. The number of carbonyl (C=O) groups is 1. The van der Waals surface area contributed by atoms with Gasteiger partial charge >= 0.3 is 0 Å². The van der Waals surface area contributed by atoms with Crippen molar-refractivity contribution >= 4 is 17.2 Å². The van der Waals surface area contributed by atoms with E-state index in [0.29, 0.717) is 24.0 Å². The number of nitrogens with zero attached hydrogens (tertiary/aromatic N) is 2. The molecule has 1 fully saturated rings. The van der Waals surface area contributed by atoms with Crippen molar-refractivity contribution < 1.29 is 13.6 Å². The molecule has 0 bridgehead atoms. The first-order valence-corrected chi connectivity index (χ1v) is 11.0. The van der Waals surface area contributed by atoms with Crippen molar-refractivity contribution in [2.75, 3.05) is 19.6 Å². The first kappa shape index (κ1) is 20.9. The second kappa shape index (κ2) is 9.61. The molecule has 2 aliphatic heterocycles. The Morgan fingerprint density at radius 1 is 0.967 bits per heavy atom. The van der Waals surface area contributed by atoms with E-state index in [2.05, 4.69) is 4.90 Å². The molecular formula is C25H28F2N2O. The van der Waals surface area contributed by atoms with Gasteiger partial charge in [-0.2, -0.15) is 0 Å². The highest BCUT2D eigenvalue weighted by atomic mass is 19.2. The third-order valence-electron chi connectivity index (χ3n) is 6.11. The van der Waals surface area contributed by atoms with Gasteiger partial charge in [-0.1, -0.05) is 24.6 Å². The smallest absolute Gasteiger partial charge is 0.170 e. The van der Waals surface area contributed by atoms with Crippen molar-refractivity contribution in [3.63, 3.8) is 0 Å². The SMILES string of the molecule is O=C1CC(CCc2cccc(F)c2F)=Nc2cc(CCCN3CCCCC3)ccc21. The maximum atomic E-state index is 13.9. The average Bonchev–Trinajstić information content (AvgIpc) is 2.75. The number of benzene rings is 2. The van der Waals surface area contributed by atoms with Crippen molar-refractivity contribution in [2.24, 2.45) is 4.99 Å². The molecule has 0 N–H and O–H groups in total. The lowest BCUT2D eigenvalue weighted by Crippen LogP contribution is -2.30. The molecular weight excluding hydrogens is 382 g/mol. The van der Waals surface area contributed by atoms with Crippen LogP contribution in [0.5, 0.6) is 0 Å². The molecule has 2 heterocycles. The van der Waals surface area contributed by atoms with E-state index in [0.717, 1.165) is 36.9 Å². The van der Waals surface area contributed by atoms with Crippen LogP contribution >= 0.6 is 0 Å². The van der Waals surface area contributed by atoms with Crippen LogP contribution in [-0.2, 0) is 12.8 Å². The Bertz CT molecular complexity index is 948. The number of carbonyl (C=O) groups excluding carboxylic acids is 1. The lowest BCUT2D eigenvalue weighted by atomic mass is 9.94. The Hall–Kier alpha value is -2.40. The fraction of sp³-hybridized carbons (Fsp3) is 0.440. The maximum absolute atomic E-state index is 13.9. The second-order valence-corrected chi connectivity index (χ2v) is 8.35. The van der Waals surface area contributed by atoms with Crippen molar-refractivity contribution in [3.8, 4) is 0 Å². The van der Waals surface area contributed by atoms with Crippen molar-refractivity contribution in [1.82, 2.24) is 4.90 Å². The molecule has 2 aromatic rings. The number of halogens is 2. The van der Waals surface area contributed by atoms with E-state index in [1.54, 1.807) is 6.07 Å². The quantitative estimate of drug-likeness (QED) is 0.589. The number of hydrogen-bond acceptors (Lipinski definition) is 3. The Kier molecular flexibility index (Phi) is 6.68. The van der Waals surface area contributed by atoms with Crippen LogP contribution < -0.4 is 0 Å². The summed E-state index contributed by atoms with van der Waals surface area (Å²) in [5.41, 5.74) is 3.63. The van der Waals surface area contributed by atoms with E-state index in [1.165, 1.54) is 44.0 Å². The minimum atomic E-state index is -0.839. The topological polar surface area (TPSA) is 32.7 Å². The Labute approximate surface area is 176 Å². The van der Waals surface area contributed by atoms with Crippen molar-refractivity contribution in [2.45, 2.75) is 51.4 Å². The molecule has 0 aromatic heterocycles. The van der Waals surface area contributed by atoms with Gasteiger partial charge in [0.2, 0.25) is 0 Å². The van der Waals surface area contributed by atoms with Gasteiger partial charge in [0.15, 0.2) is 17.4 Å². The summed E-state index contributed by atoms with van der Waals surface area (Å²) in [6, 6.07) is 10.1. The Morgan fingerprint density at radius 3 is 2.63 bits per heavy atom. The van der Waals surface area contributed by atoms with Crippen LogP contribution in [0.2, 0.25) is 0 Å². The number of piperidine rings is 1.